The molecule has 0 radical (unpaired) electrons. The predicted octanol–water partition coefficient (Wildman–Crippen LogP) is 2.09. The molecule has 0 aliphatic heterocycles. The van der Waals surface area contributed by atoms with E-state index in [1.165, 1.54) is 11.9 Å². The Balaban J connectivity index is 2.44. The summed E-state index contributed by atoms with van der Waals surface area (Å²) in [6, 6.07) is 3.38. The third kappa shape index (κ3) is 4.60. The lowest BCUT2D eigenvalue weighted by Gasteiger charge is -2.16. The minimum absolute atomic E-state index is 0.00602. The molecule has 1 aromatic rings. The number of hydrogen-bond acceptors (Lipinski definition) is 2. The number of halogens is 3. The zero-order valence-electron chi connectivity index (χ0n) is 9.79. The minimum Gasteiger partial charge on any atom is -0.348 e. The van der Waals surface area contributed by atoms with Crippen LogP contribution in [0.1, 0.15) is 16.9 Å². The van der Waals surface area contributed by atoms with Crippen molar-refractivity contribution in [2.45, 2.75) is 12.6 Å². The van der Waals surface area contributed by atoms with E-state index in [9.17, 15) is 18.0 Å². The van der Waals surface area contributed by atoms with Gasteiger partial charge in [-0.1, -0.05) is 0 Å². The van der Waals surface area contributed by atoms with Crippen molar-refractivity contribution in [2.24, 2.45) is 7.05 Å². The molecule has 0 aliphatic carbocycles. The van der Waals surface area contributed by atoms with E-state index in [1.807, 2.05) is 0 Å². The molecule has 0 fully saturated rings. The van der Waals surface area contributed by atoms with Crippen LogP contribution >= 0.6 is 0 Å². The first-order chi connectivity index (χ1) is 7.79. The van der Waals surface area contributed by atoms with Crippen molar-refractivity contribution >= 4 is 5.78 Å². The van der Waals surface area contributed by atoms with E-state index in [0.29, 0.717) is 5.69 Å². The number of likely N-dealkylation sites (N-methyl/N-ethyl adjacent to an activating group) is 1. The molecule has 0 saturated heterocycles. The van der Waals surface area contributed by atoms with Crippen LogP contribution in [0, 0.1) is 0 Å². The van der Waals surface area contributed by atoms with Crippen LogP contribution < -0.4 is 0 Å². The Morgan fingerprint density at radius 2 is 2.12 bits per heavy atom. The molecule has 0 saturated carbocycles. The summed E-state index contributed by atoms with van der Waals surface area (Å²) >= 11 is 0. The predicted molar refractivity (Wildman–Crippen MR) is 57.9 cm³/mol. The highest BCUT2D eigenvalue weighted by Gasteiger charge is 2.27. The summed E-state index contributed by atoms with van der Waals surface area (Å²) in [5.41, 5.74) is 0.504. The van der Waals surface area contributed by atoms with Crippen LogP contribution in [-0.4, -0.2) is 41.6 Å². The van der Waals surface area contributed by atoms with Crippen LogP contribution in [0.5, 0.6) is 0 Å². The van der Waals surface area contributed by atoms with E-state index in [1.54, 1.807) is 29.9 Å². The highest BCUT2D eigenvalue weighted by molar-refractivity contribution is 5.96. The second kappa shape index (κ2) is 5.35. The Hall–Kier alpha value is -1.30. The summed E-state index contributed by atoms with van der Waals surface area (Å²) in [6.07, 6.45) is -3.35. The molecule has 3 nitrogen and oxygen atoms in total. The van der Waals surface area contributed by atoms with Gasteiger partial charge in [-0.15, -0.1) is 0 Å². The second-order valence-corrected chi connectivity index (χ2v) is 4.03. The Kier molecular flexibility index (Phi) is 4.34. The first kappa shape index (κ1) is 13.8. The van der Waals surface area contributed by atoms with Gasteiger partial charge in [0.1, 0.15) is 0 Å². The largest absolute Gasteiger partial charge is 0.390 e. The standard InChI is InChI=1S/C11H15F3N2O/c1-15(7-5-11(12,13)14)8-10(17)9-4-3-6-16(9)2/h3-4,6H,5,7-8H2,1-2H3. The first-order valence-electron chi connectivity index (χ1n) is 5.19. The molecule has 0 aliphatic rings. The Morgan fingerprint density at radius 1 is 1.47 bits per heavy atom. The third-order valence-electron chi connectivity index (χ3n) is 2.42. The highest BCUT2D eigenvalue weighted by atomic mass is 19.4. The monoisotopic (exact) mass is 248 g/mol. The van der Waals surface area contributed by atoms with Crippen molar-refractivity contribution in [3.05, 3.63) is 24.0 Å². The Labute approximate surface area is 97.8 Å². The molecule has 1 heterocycles. The molecular weight excluding hydrogens is 233 g/mol. The molecule has 0 unspecified atom stereocenters. The van der Waals surface area contributed by atoms with Crippen LogP contribution in [0.4, 0.5) is 13.2 Å². The fourth-order valence-electron chi connectivity index (χ4n) is 1.47. The number of aryl methyl sites for hydroxylation is 1. The molecule has 0 aromatic carbocycles. The molecule has 6 heteroatoms. The van der Waals surface area contributed by atoms with Gasteiger partial charge in [-0.2, -0.15) is 13.2 Å². The fourth-order valence-corrected chi connectivity index (χ4v) is 1.47. The van der Waals surface area contributed by atoms with Crippen molar-refractivity contribution in [2.75, 3.05) is 20.1 Å². The molecule has 17 heavy (non-hydrogen) atoms. The third-order valence-corrected chi connectivity index (χ3v) is 2.42. The number of hydrogen-bond donors (Lipinski definition) is 0. The highest BCUT2D eigenvalue weighted by Crippen LogP contribution is 2.19. The van der Waals surface area contributed by atoms with E-state index in [2.05, 4.69) is 0 Å². The maximum absolute atomic E-state index is 12.0. The van der Waals surface area contributed by atoms with Gasteiger partial charge in [0.15, 0.2) is 5.78 Å². The zero-order valence-corrected chi connectivity index (χ0v) is 9.79. The number of carbonyl (C=O) groups excluding carboxylic acids is 1. The topological polar surface area (TPSA) is 25.2 Å². The number of aromatic nitrogens is 1. The van der Waals surface area contributed by atoms with Crippen molar-refractivity contribution in [3.63, 3.8) is 0 Å². The summed E-state index contributed by atoms with van der Waals surface area (Å²) in [6.45, 7) is -0.173. The van der Waals surface area contributed by atoms with E-state index < -0.39 is 12.6 Å². The maximum Gasteiger partial charge on any atom is 0.390 e. The number of alkyl halides is 3. The number of carbonyl (C=O) groups is 1. The molecule has 1 rings (SSSR count). The molecule has 1 aromatic heterocycles. The quantitative estimate of drug-likeness (QED) is 0.745. The zero-order chi connectivity index (χ0) is 13.1. The van der Waals surface area contributed by atoms with Gasteiger partial charge in [-0.3, -0.25) is 9.69 Å². The molecule has 0 spiro atoms. The molecule has 0 N–H and O–H groups in total. The number of ketones is 1. The molecular formula is C11H15F3N2O. The van der Waals surface area contributed by atoms with Gasteiger partial charge in [0.2, 0.25) is 0 Å². The Morgan fingerprint density at radius 3 is 2.59 bits per heavy atom. The van der Waals surface area contributed by atoms with E-state index >= 15 is 0 Å². The lowest BCUT2D eigenvalue weighted by atomic mass is 10.2. The van der Waals surface area contributed by atoms with Gasteiger partial charge in [0, 0.05) is 19.8 Å². The van der Waals surface area contributed by atoms with E-state index in [4.69, 9.17) is 0 Å². The number of Topliss-reactive ketones (excluding diaryl/α,β-unsaturated/α-hetero) is 1. The summed E-state index contributed by atoms with van der Waals surface area (Å²) in [7, 11) is 3.23. The SMILES string of the molecule is CN(CCC(F)(F)F)CC(=O)c1cccn1C. The van der Waals surface area contributed by atoms with Crippen LogP contribution in [0.25, 0.3) is 0 Å². The van der Waals surface area contributed by atoms with Gasteiger partial charge < -0.3 is 4.57 Å². The lowest BCUT2D eigenvalue weighted by Crippen LogP contribution is -2.30. The van der Waals surface area contributed by atoms with E-state index in [0.717, 1.165) is 0 Å². The van der Waals surface area contributed by atoms with Crippen molar-refractivity contribution in [1.29, 1.82) is 0 Å². The van der Waals surface area contributed by atoms with Crippen LogP contribution in [-0.2, 0) is 7.05 Å². The van der Waals surface area contributed by atoms with Gasteiger partial charge in [-0.25, -0.2) is 0 Å². The Bertz CT molecular complexity index is 384. The van der Waals surface area contributed by atoms with Gasteiger partial charge in [0.05, 0.1) is 18.7 Å². The van der Waals surface area contributed by atoms with Crippen LogP contribution in [0.15, 0.2) is 18.3 Å². The molecule has 0 bridgehead atoms. The molecule has 96 valence electrons. The average molecular weight is 248 g/mol. The van der Waals surface area contributed by atoms with E-state index in [-0.39, 0.29) is 18.9 Å². The summed E-state index contributed by atoms with van der Waals surface area (Å²) < 4.78 is 37.6. The van der Waals surface area contributed by atoms with Crippen molar-refractivity contribution in [3.8, 4) is 0 Å². The van der Waals surface area contributed by atoms with Gasteiger partial charge in [0.25, 0.3) is 0 Å². The minimum atomic E-state index is -4.18. The maximum atomic E-state index is 12.0. The normalized spacial score (nSPS) is 12.1. The smallest absolute Gasteiger partial charge is 0.348 e. The number of rotatable bonds is 5. The summed E-state index contributed by atoms with van der Waals surface area (Å²) in [4.78, 5) is 13.1. The van der Waals surface area contributed by atoms with Crippen LogP contribution in [0.2, 0.25) is 0 Å². The lowest BCUT2D eigenvalue weighted by molar-refractivity contribution is -0.137. The van der Waals surface area contributed by atoms with Crippen molar-refractivity contribution < 1.29 is 18.0 Å². The fraction of sp³-hybridized carbons (Fsp3) is 0.545. The molecule has 0 atom stereocenters. The average Bonchev–Trinajstić information content (AvgIpc) is 2.60. The van der Waals surface area contributed by atoms with Crippen LogP contribution in [0.3, 0.4) is 0 Å². The first-order valence-corrected chi connectivity index (χ1v) is 5.19. The van der Waals surface area contributed by atoms with Crippen molar-refractivity contribution in [1.82, 2.24) is 9.47 Å². The second-order valence-electron chi connectivity index (χ2n) is 4.03. The van der Waals surface area contributed by atoms with Gasteiger partial charge >= 0.3 is 6.18 Å². The molecule has 0 amide bonds. The summed E-state index contributed by atoms with van der Waals surface area (Å²) in [5, 5.41) is 0. The summed E-state index contributed by atoms with van der Waals surface area (Å²) in [5.74, 6) is -0.179. The number of nitrogens with zero attached hydrogens (tertiary/aromatic N) is 2. The van der Waals surface area contributed by atoms with Gasteiger partial charge in [-0.05, 0) is 19.2 Å².